The van der Waals surface area contributed by atoms with Crippen molar-refractivity contribution < 1.29 is 22.8 Å². The molecule has 1 aromatic rings. The first-order valence-corrected chi connectivity index (χ1v) is 4.35. The first-order chi connectivity index (χ1) is 7.74. The molecule has 1 aromatic heterocycles. The van der Waals surface area contributed by atoms with E-state index >= 15 is 0 Å². The fourth-order valence-corrected chi connectivity index (χ4v) is 1.15. The van der Waals surface area contributed by atoms with Gasteiger partial charge in [-0.05, 0) is 22.9 Å². The smallest absolute Gasteiger partial charge is 0.397 e. The highest BCUT2D eigenvalue weighted by Gasteiger charge is 2.35. The second kappa shape index (κ2) is 4.53. The molecule has 1 heterocycles. The van der Waals surface area contributed by atoms with Crippen LogP contribution in [0.15, 0.2) is 6.07 Å². The second-order valence-electron chi connectivity index (χ2n) is 3.08. The van der Waals surface area contributed by atoms with Crippen LogP contribution >= 0.6 is 0 Å². The number of alkyl halides is 3. The average Bonchev–Trinajstić information content (AvgIpc) is 2.14. The Hall–Kier alpha value is -1.90. The molecule has 6 nitrogen and oxygen atoms in total. The molecule has 0 aromatic carbocycles. The maximum Gasteiger partial charge on any atom is 0.573 e. The first kappa shape index (κ1) is 13.2. The van der Waals surface area contributed by atoms with Gasteiger partial charge in [-0.25, -0.2) is 0 Å². The first-order valence-electron chi connectivity index (χ1n) is 4.35. The summed E-state index contributed by atoms with van der Waals surface area (Å²) in [5.41, 5.74) is 5.68. The minimum Gasteiger partial charge on any atom is -0.397 e. The van der Waals surface area contributed by atoms with E-state index in [4.69, 9.17) is 5.73 Å². The number of nitrogens with two attached hydrogens (primary N) is 1. The van der Waals surface area contributed by atoms with E-state index in [-0.39, 0.29) is 17.8 Å². The largest absolute Gasteiger partial charge is 0.573 e. The van der Waals surface area contributed by atoms with E-state index < -0.39 is 22.9 Å². The fourth-order valence-electron chi connectivity index (χ4n) is 1.15. The summed E-state index contributed by atoms with van der Waals surface area (Å²) in [6.45, 7) is 1.32. The third kappa shape index (κ3) is 3.28. The summed E-state index contributed by atoms with van der Waals surface area (Å²) in [6.07, 6.45) is -5.01. The van der Waals surface area contributed by atoms with Gasteiger partial charge in [-0.15, -0.1) is 13.2 Å². The Morgan fingerprint density at radius 2 is 2.18 bits per heavy atom. The van der Waals surface area contributed by atoms with Crippen LogP contribution in [-0.2, 0) is 6.54 Å². The molecule has 1 rings (SSSR count). The van der Waals surface area contributed by atoms with Gasteiger partial charge in [-0.2, -0.15) is 0 Å². The number of rotatable bonds is 3. The number of pyridine rings is 1. The summed E-state index contributed by atoms with van der Waals surface area (Å²) in [6, 6.07) is 0.890. The Kier molecular flexibility index (Phi) is 3.51. The Morgan fingerprint density at radius 3 is 2.59 bits per heavy atom. The number of ether oxygens (including phenoxy) is 1. The van der Waals surface area contributed by atoms with Crippen LogP contribution in [0.4, 0.5) is 19.0 Å². The summed E-state index contributed by atoms with van der Waals surface area (Å²) >= 11 is 0. The van der Waals surface area contributed by atoms with Gasteiger partial charge in [0.15, 0.2) is 5.69 Å². The normalized spacial score (nSPS) is 11.4. The minimum absolute atomic E-state index is 0.112. The van der Waals surface area contributed by atoms with Crippen molar-refractivity contribution in [1.82, 2.24) is 4.98 Å². The molecule has 0 atom stereocenters. The molecule has 0 aliphatic rings. The highest BCUT2D eigenvalue weighted by molar-refractivity contribution is 5.44. The number of aromatic nitrogens is 1. The fraction of sp³-hybridized carbons (Fsp3) is 0.375. The van der Waals surface area contributed by atoms with Crippen molar-refractivity contribution >= 4 is 5.82 Å². The quantitative estimate of drug-likeness (QED) is 0.651. The molecule has 0 fully saturated rings. The molecule has 0 saturated carbocycles. The van der Waals surface area contributed by atoms with Crippen LogP contribution in [0.3, 0.4) is 0 Å². The SMILES string of the molecule is Cc1cc(OC(F)(F)F)c([N+](=O)[O-])nc1CN. The lowest BCUT2D eigenvalue weighted by molar-refractivity contribution is -0.393. The van der Waals surface area contributed by atoms with E-state index in [2.05, 4.69) is 9.72 Å². The molecule has 0 radical (unpaired) electrons. The summed E-state index contributed by atoms with van der Waals surface area (Å²) < 4.78 is 39.5. The zero-order valence-electron chi connectivity index (χ0n) is 8.61. The lowest BCUT2D eigenvalue weighted by Gasteiger charge is -2.09. The van der Waals surface area contributed by atoms with Gasteiger partial charge in [0.2, 0.25) is 5.75 Å². The third-order valence-electron chi connectivity index (χ3n) is 1.86. The summed E-state index contributed by atoms with van der Waals surface area (Å²) in [5, 5.41) is 10.5. The summed E-state index contributed by atoms with van der Waals surface area (Å²) in [4.78, 5) is 12.9. The Bertz CT molecular complexity index is 448. The van der Waals surface area contributed by atoms with Gasteiger partial charge < -0.3 is 20.6 Å². The van der Waals surface area contributed by atoms with Crippen molar-refractivity contribution in [3.8, 4) is 5.75 Å². The number of halogens is 3. The van der Waals surface area contributed by atoms with Crippen LogP contribution in [-0.4, -0.2) is 16.3 Å². The lowest BCUT2D eigenvalue weighted by Crippen LogP contribution is -2.19. The highest BCUT2D eigenvalue weighted by atomic mass is 19.4. The molecule has 0 bridgehead atoms. The van der Waals surface area contributed by atoms with Crippen molar-refractivity contribution in [3.05, 3.63) is 27.4 Å². The minimum atomic E-state index is -5.01. The van der Waals surface area contributed by atoms with Gasteiger partial charge in [0.25, 0.3) is 0 Å². The maximum absolute atomic E-state index is 12.0. The second-order valence-corrected chi connectivity index (χ2v) is 3.08. The van der Waals surface area contributed by atoms with Crippen LogP contribution in [0, 0.1) is 17.0 Å². The molecule has 0 saturated heterocycles. The number of nitrogens with zero attached hydrogens (tertiary/aromatic N) is 2. The molecule has 0 spiro atoms. The van der Waals surface area contributed by atoms with Crippen LogP contribution in [0.5, 0.6) is 5.75 Å². The van der Waals surface area contributed by atoms with Crippen LogP contribution in [0.25, 0.3) is 0 Å². The summed E-state index contributed by atoms with van der Waals surface area (Å²) in [5.74, 6) is -1.95. The molecule has 0 amide bonds. The zero-order valence-corrected chi connectivity index (χ0v) is 8.61. The number of nitro groups is 1. The van der Waals surface area contributed by atoms with Gasteiger partial charge in [0, 0.05) is 5.56 Å². The molecular formula is C8H8F3N3O3. The lowest BCUT2D eigenvalue weighted by atomic mass is 10.2. The topological polar surface area (TPSA) is 91.3 Å². The molecule has 0 aliphatic heterocycles. The summed E-state index contributed by atoms with van der Waals surface area (Å²) in [7, 11) is 0. The Labute approximate surface area is 93.3 Å². The van der Waals surface area contributed by atoms with Crippen molar-refractivity contribution in [2.24, 2.45) is 5.73 Å². The standard InChI is InChI=1S/C8H8F3N3O3/c1-4-2-6(17-8(9,10)11)7(14(15)16)13-5(4)3-12/h2H,3,12H2,1H3. The molecule has 94 valence electrons. The number of aryl methyl sites for hydroxylation is 1. The number of hydrogen-bond acceptors (Lipinski definition) is 5. The Morgan fingerprint density at radius 1 is 1.59 bits per heavy atom. The van der Waals surface area contributed by atoms with E-state index in [9.17, 15) is 23.3 Å². The van der Waals surface area contributed by atoms with E-state index in [0.29, 0.717) is 0 Å². The van der Waals surface area contributed by atoms with Crippen LogP contribution < -0.4 is 10.5 Å². The molecule has 17 heavy (non-hydrogen) atoms. The molecule has 2 N–H and O–H groups in total. The van der Waals surface area contributed by atoms with Gasteiger partial charge in [-0.1, -0.05) is 0 Å². The average molecular weight is 251 g/mol. The van der Waals surface area contributed by atoms with Gasteiger partial charge in [-0.3, -0.25) is 0 Å². The predicted molar refractivity (Wildman–Crippen MR) is 50.2 cm³/mol. The van der Waals surface area contributed by atoms with Crippen molar-refractivity contribution in [2.45, 2.75) is 19.8 Å². The van der Waals surface area contributed by atoms with E-state index in [1.807, 2.05) is 0 Å². The number of hydrogen-bond donors (Lipinski definition) is 1. The molecular weight excluding hydrogens is 243 g/mol. The highest BCUT2D eigenvalue weighted by Crippen LogP contribution is 2.31. The van der Waals surface area contributed by atoms with Gasteiger partial charge >= 0.3 is 12.2 Å². The van der Waals surface area contributed by atoms with E-state index in [0.717, 1.165) is 6.07 Å². The van der Waals surface area contributed by atoms with E-state index in [1.54, 1.807) is 0 Å². The molecule has 0 aliphatic carbocycles. The van der Waals surface area contributed by atoms with Crippen molar-refractivity contribution in [1.29, 1.82) is 0 Å². The third-order valence-corrected chi connectivity index (χ3v) is 1.86. The monoisotopic (exact) mass is 251 g/mol. The van der Waals surface area contributed by atoms with E-state index in [1.165, 1.54) is 6.92 Å². The maximum atomic E-state index is 12.0. The molecule has 0 unspecified atom stereocenters. The van der Waals surface area contributed by atoms with Gasteiger partial charge in [0.05, 0.1) is 6.54 Å². The zero-order chi connectivity index (χ0) is 13.2. The van der Waals surface area contributed by atoms with Gasteiger partial charge in [0.1, 0.15) is 0 Å². The van der Waals surface area contributed by atoms with Crippen LogP contribution in [0.2, 0.25) is 0 Å². The van der Waals surface area contributed by atoms with Crippen molar-refractivity contribution in [2.75, 3.05) is 0 Å². The predicted octanol–water partition coefficient (Wildman–Crippen LogP) is 1.66. The van der Waals surface area contributed by atoms with Crippen molar-refractivity contribution in [3.63, 3.8) is 0 Å². The molecule has 9 heteroatoms. The van der Waals surface area contributed by atoms with Crippen LogP contribution in [0.1, 0.15) is 11.3 Å². The Balaban J connectivity index is 3.28.